The maximum absolute atomic E-state index is 12.2. The Morgan fingerprint density at radius 3 is 2.68 bits per heavy atom. The van der Waals surface area contributed by atoms with E-state index in [1.54, 1.807) is 11.4 Å². The largest absolute Gasteiger partial charge is 0.497 e. The molecule has 0 spiro atoms. The lowest BCUT2D eigenvalue weighted by Gasteiger charge is -2.51. The third kappa shape index (κ3) is 4.39. The van der Waals surface area contributed by atoms with Crippen LogP contribution in [0.25, 0.3) is 0 Å². The normalized spacial score (nSPS) is 27.4. The fourth-order valence-electron chi connectivity index (χ4n) is 4.93. The number of benzene rings is 1. The molecule has 1 aromatic rings. The maximum Gasteiger partial charge on any atom is 0.291 e. The van der Waals surface area contributed by atoms with Crippen molar-refractivity contribution in [3.05, 3.63) is 39.4 Å². The summed E-state index contributed by atoms with van der Waals surface area (Å²) in [5.74, 6) is 1.39. The van der Waals surface area contributed by atoms with Crippen LogP contribution in [0.1, 0.15) is 36.4 Å². The highest BCUT2D eigenvalue weighted by atomic mass is 32.2. The topological polar surface area (TPSA) is 113 Å². The summed E-state index contributed by atoms with van der Waals surface area (Å²) in [7, 11) is -1.42. The smallest absolute Gasteiger partial charge is 0.291 e. The molecule has 0 radical (unpaired) electrons. The number of fused-ring (bicyclic) bond motifs is 4. The molecule has 0 bridgehead atoms. The summed E-state index contributed by atoms with van der Waals surface area (Å²) in [6.07, 6.45) is 5.46. The molecule has 2 saturated heterocycles. The van der Waals surface area contributed by atoms with Gasteiger partial charge in [-0.1, -0.05) is 6.07 Å². The van der Waals surface area contributed by atoms with Crippen LogP contribution in [0.4, 0.5) is 0 Å². The van der Waals surface area contributed by atoms with E-state index in [1.807, 2.05) is 6.07 Å². The van der Waals surface area contributed by atoms with Crippen LogP contribution in [0.15, 0.2) is 18.2 Å². The Hall–Kier alpha value is -1.91. The summed E-state index contributed by atoms with van der Waals surface area (Å²) in [5.41, 5.74) is 2.72. The first kappa shape index (κ1) is 20.8. The van der Waals surface area contributed by atoms with Gasteiger partial charge in [0.05, 0.1) is 13.4 Å². The molecular weight excluding hydrogens is 386 g/mol. The van der Waals surface area contributed by atoms with Crippen molar-refractivity contribution in [3.8, 4) is 5.75 Å². The van der Waals surface area contributed by atoms with E-state index in [9.17, 15) is 8.42 Å². The quantitative estimate of drug-likeness (QED) is 0.580. The molecule has 3 atom stereocenters. The van der Waals surface area contributed by atoms with Gasteiger partial charge in [0.2, 0.25) is 10.0 Å². The van der Waals surface area contributed by atoms with Gasteiger partial charge >= 0.3 is 0 Å². The average Bonchev–Trinajstić information content (AvgIpc) is 2.64. The molecule has 3 heterocycles. The van der Waals surface area contributed by atoms with E-state index in [-0.39, 0.29) is 6.04 Å². The molecule has 10 heteroatoms. The van der Waals surface area contributed by atoms with Crippen LogP contribution >= 0.6 is 0 Å². The van der Waals surface area contributed by atoms with E-state index in [0.29, 0.717) is 18.5 Å². The number of nitrogens with zero attached hydrogens (tertiary/aromatic N) is 3. The number of hydrogen-bond acceptors (Lipinski definition) is 6. The van der Waals surface area contributed by atoms with E-state index in [0.717, 1.165) is 44.5 Å². The summed E-state index contributed by atoms with van der Waals surface area (Å²) >= 11 is 0. The van der Waals surface area contributed by atoms with Crippen molar-refractivity contribution >= 4 is 10.0 Å². The first-order valence-corrected chi connectivity index (χ1v) is 11.3. The van der Waals surface area contributed by atoms with E-state index in [1.165, 1.54) is 17.4 Å². The Labute approximate surface area is 165 Å². The van der Waals surface area contributed by atoms with Gasteiger partial charge in [-0.15, -0.1) is 10.1 Å². The minimum absolute atomic E-state index is 0.156. The van der Waals surface area contributed by atoms with E-state index in [2.05, 4.69) is 17.0 Å². The van der Waals surface area contributed by atoms with Crippen molar-refractivity contribution in [3.63, 3.8) is 0 Å². The Kier molecular flexibility index (Phi) is 6.11. The highest BCUT2D eigenvalue weighted by Crippen LogP contribution is 2.43. The molecule has 28 heavy (non-hydrogen) atoms. The molecule has 0 unspecified atom stereocenters. The van der Waals surface area contributed by atoms with Crippen molar-refractivity contribution in [2.45, 2.75) is 37.8 Å². The first-order chi connectivity index (χ1) is 13.2. The SMILES string of the molecule is COc1ccc2c(c1)CCN1C[C@H]3CCCN(S(C)(=O)=O)[C@H]3C[C@@H]21.O=[N+]([O-])O. The second-order valence-corrected chi connectivity index (χ2v) is 9.58. The molecule has 4 rings (SSSR count). The van der Waals surface area contributed by atoms with Crippen LogP contribution in [0.3, 0.4) is 0 Å². The number of piperidine rings is 2. The van der Waals surface area contributed by atoms with E-state index < -0.39 is 15.1 Å². The van der Waals surface area contributed by atoms with Gasteiger partial charge in [0, 0.05) is 31.7 Å². The number of sulfonamides is 1. The van der Waals surface area contributed by atoms with Gasteiger partial charge in [-0.05, 0) is 54.9 Å². The highest BCUT2D eigenvalue weighted by molar-refractivity contribution is 7.88. The van der Waals surface area contributed by atoms with Crippen molar-refractivity contribution in [1.82, 2.24) is 9.21 Å². The number of ether oxygens (including phenoxy) is 1. The van der Waals surface area contributed by atoms with Gasteiger partial charge in [0.15, 0.2) is 0 Å². The number of hydrogen-bond donors (Lipinski definition) is 1. The minimum Gasteiger partial charge on any atom is -0.497 e. The molecule has 156 valence electrons. The minimum atomic E-state index is -3.13. The molecular formula is C18H27N3O6S. The standard InChI is InChI=1S/C18H26N2O3S.HNO3/c1-23-15-5-6-16-13(10-15)7-9-19-12-14-4-3-8-20(24(2,21)22)17(14)11-18(16)19;2-1(3)4/h5-6,10,14,17-18H,3-4,7-9,11-12H2,1-2H3;(H,2,3,4)/t14-,17+,18+;/m1./s1. The molecule has 0 aromatic heterocycles. The second kappa shape index (κ2) is 8.22. The summed E-state index contributed by atoms with van der Waals surface area (Å²) in [4.78, 5) is 10.9. The fourth-order valence-corrected chi connectivity index (χ4v) is 6.14. The van der Waals surface area contributed by atoms with Crippen LogP contribution < -0.4 is 4.74 Å². The monoisotopic (exact) mass is 413 g/mol. The summed E-state index contributed by atoms with van der Waals surface area (Å²) in [5, 5.41) is 13.6. The fraction of sp³-hybridized carbons (Fsp3) is 0.667. The third-order valence-electron chi connectivity index (χ3n) is 6.05. The second-order valence-electron chi connectivity index (χ2n) is 7.64. The summed E-state index contributed by atoms with van der Waals surface area (Å²) < 4.78 is 31.6. The van der Waals surface area contributed by atoms with Crippen LogP contribution in [-0.2, 0) is 16.4 Å². The lowest BCUT2D eigenvalue weighted by Crippen LogP contribution is -2.57. The van der Waals surface area contributed by atoms with Gasteiger partial charge in [-0.25, -0.2) is 8.42 Å². The Morgan fingerprint density at radius 2 is 2.04 bits per heavy atom. The zero-order valence-electron chi connectivity index (χ0n) is 16.2. The zero-order chi connectivity index (χ0) is 20.5. The molecule has 1 aromatic carbocycles. The van der Waals surface area contributed by atoms with Gasteiger partial charge in [0.25, 0.3) is 5.09 Å². The van der Waals surface area contributed by atoms with Crippen LogP contribution in [-0.4, -0.2) is 67.0 Å². The first-order valence-electron chi connectivity index (χ1n) is 9.41. The van der Waals surface area contributed by atoms with Crippen LogP contribution in [0.2, 0.25) is 0 Å². The van der Waals surface area contributed by atoms with E-state index in [4.69, 9.17) is 20.1 Å². The Balaban J connectivity index is 0.000000516. The average molecular weight is 413 g/mol. The molecule has 0 amide bonds. The lowest BCUT2D eigenvalue weighted by atomic mass is 9.77. The maximum atomic E-state index is 12.2. The predicted octanol–water partition coefficient (Wildman–Crippen LogP) is 1.69. The molecule has 3 aliphatic rings. The van der Waals surface area contributed by atoms with Gasteiger partial charge in [-0.2, -0.15) is 4.31 Å². The van der Waals surface area contributed by atoms with E-state index >= 15 is 0 Å². The summed E-state index contributed by atoms with van der Waals surface area (Å²) in [6, 6.07) is 6.85. The summed E-state index contributed by atoms with van der Waals surface area (Å²) in [6.45, 7) is 2.77. The Bertz CT molecular complexity index is 827. The lowest BCUT2D eigenvalue weighted by molar-refractivity contribution is -0.742. The molecule has 0 saturated carbocycles. The van der Waals surface area contributed by atoms with Crippen molar-refractivity contribution in [2.24, 2.45) is 5.92 Å². The molecule has 0 aliphatic carbocycles. The molecule has 9 nitrogen and oxygen atoms in total. The zero-order valence-corrected chi connectivity index (χ0v) is 17.0. The van der Waals surface area contributed by atoms with Crippen molar-refractivity contribution in [2.75, 3.05) is 33.0 Å². The van der Waals surface area contributed by atoms with Crippen LogP contribution in [0, 0.1) is 16.0 Å². The number of rotatable bonds is 2. The van der Waals surface area contributed by atoms with Crippen molar-refractivity contribution < 1.29 is 23.4 Å². The number of methoxy groups -OCH3 is 1. The highest BCUT2D eigenvalue weighted by Gasteiger charge is 2.44. The predicted molar refractivity (Wildman–Crippen MR) is 102 cm³/mol. The molecule has 1 N–H and O–H groups in total. The molecule has 2 fully saturated rings. The Morgan fingerprint density at radius 1 is 1.32 bits per heavy atom. The van der Waals surface area contributed by atoms with Gasteiger partial charge in [-0.3, -0.25) is 4.90 Å². The third-order valence-corrected chi connectivity index (χ3v) is 7.35. The van der Waals surface area contributed by atoms with Gasteiger partial charge < -0.3 is 9.94 Å². The van der Waals surface area contributed by atoms with Gasteiger partial charge in [0.1, 0.15) is 5.75 Å². The van der Waals surface area contributed by atoms with Crippen molar-refractivity contribution in [1.29, 1.82) is 0 Å². The van der Waals surface area contributed by atoms with Crippen LogP contribution in [0.5, 0.6) is 5.75 Å². The molecule has 3 aliphatic heterocycles.